The number of ether oxygens (including phenoxy) is 2. The van der Waals surface area contributed by atoms with Crippen LogP contribution in [-0.2, 0) is 9.47 Å². The van der Waals surface area contributed by atoms with Crippen LogP contribution in [0.3, 0.4) is 0 Å². The van der Waals surface area contributed by atoms with Crippen LogP contribution in [0.15, 0.2) is 0 Å². The molecule has 2 nitrogen and oxygen atoms in total. The van der Waals surface area contributed by atoms with Gasteiger partial charge in [-0.3, -0.25) is 0 Å². The van der Waals surface area contributed by atoms with Gasteiger partial charge in [0.1, 0.15) is 6.79 Å². The van der Waals surface area contributed by atoms with Crippen LogP contribution >= 0.6 is 11.6 Å². The first-order valence-corrected chi connectivity index (χ1v) is 4.98. The fourth-order valence-corrected chi connectivity index (χ4v) is 2.95. The zero-order valence-corrected chi connectivity index (χ0v) is 8.14. The average molecular weight is 191 g/mol. The number of alkyl halides is 1. The Morgan fingerprint density at radius 3 is 2.67 bits per heavy atom. The molecule has 3 aliphatic rings. The maximum Gasteiger partial charge on any atom is 0.146 e. The molecule has 3 rings (SSSR count). The van der Waals surface area contributed by atoms with Crippen molar-refractivity contribution >= 4 is 11.6 Å². The molecule has 2 bridgehead atoms. The van der Waals surface area contributed by atoms with Crippen molar-refractivity contribution in [1.82, 2.24) is 0 Å². The highest BCUT2D eigenvalue weighted by molar-refractivity contribution is 6.18. The summed E-state index contributed by atoms with van der Waals surface area (Å²) < 4.78 is 10.2. The van der Waals surface area contributed by atoms with E-state index in [2.05, 4.69) is 0 Å². The third-order valence-electron chi connectivity index (χ3n) is 3.46. The Morgan fingerprint density at radius 2 is 2.25 bits per heavy atom. The molecule has 0 aromatic carbocycles. The Kier molecular flexibility index (Phi) is 2.32. The third-order valence-corrected chi connectivity index (χ3v) is 3.99. The van der Waals surface area contributed by atoms with Crippen LogP contribution in [0.2, 0.25) is 0 Å². The zero-order valence-electron chi connectivity index (χ0n) is 7.38. The lowest BCUT2D eigenvalue weighted by Gasteiger charge is -2.68. The highest BCUT2D eigenvalue weighted by Gasteiger charge is 2.64. The summed E-state index contributed by atoms with van der Waals surface area (Å²) in [6, 6.07) is 0. The number of methoxy groups -OCH3 is 1. The van der Waals surface area contributed by atoms with E-state index < -0.39 is 0 Å². The van der Waals surface area contributed by atoms with E-state index >= 15 is 0 Å². The quantitative estimate of drug-likeness (QED) is 0.375. The summed E-state index contributed by atoms with van der Waals surface area (Å²) in [7, 11) is 1.65. The molecule has 70 valence electrons. The van der Waals surface area contributed by atoms with Gasteiger partial charge in [0.05, 0.1) is 6.61 Å². The first-order chi connectivity index (χ1) is 5.82. The summed E-state index contributed by atoms with van der Waals surface area (Å²) in [5.74, 6) is 2.44. The molecule has 0 radical (unpaired) electrons. The van der Waals surface area contributed by atoms with Crippen molar-refractivity contribution in [3.8, 4) is 0 Å². The highest BCUT2D eigenvalue weighted by atomic mass is 35.5. The molecule has 0 N–H and O–H groups in total. The van der Waals surface area contributed by atoms with E-state index in [1.807, 2.05) is 0 Å². The molecule has 0 amide bonds. The van der Waals surface area contributed by atoms with E-state index in [0.29, 0.717) is 12.2 Å². The minimum absolute atomic E-state index is 0.418. The van der Waals surface area contributed by atoms with Gasteiger partial charge < -0.3 is 9.47 Å². The topological polar surface area (TPSA) is 18.5 Å². The van der Waals surface area contributed by atoms with Crippen LogP contribution in [0, 0.1) is 17.3 Å². The predicted octanol–water partition coefficient (Wildman–Crippen LogP) is 1.87. The minimum atomic E-state index is 0.418. The second kappa shape index (κ2) is 3.17. The molecule has 0 heterocycles. The summed E-state index contributed by atoms with van der Waals surface area (Å²) in [5, 5.41) is 0. The van der Waals surface area contributed by atoms with E-state index in [9.17, 15) is 0 Å². The van der Waals surface area contributed by atoms with Crippen LogP contribution in [-0.4, -0.2) is 26.4 Å². The van der Waals surface area contributed by atoms with Gasteiger partial charge in [0, 0.05) is 13.0 Å². The van der Waals surface area contributed by atoms with Gasteiger partial charge in [-0.05, 0) is 30.1 Å². The Morgan fingerprint density at radius 1 is 1.50 bits per heavy atom. The maximum absolute atomic E-state index is 5.90. The first-order valence-electron chi connectivity index (χ1n) is 4.45. The van der Waals surface area contributed by atoms with Gasteiger partial charge in [0.2, 0.25) is 0 Å². The molecule has 12 heavy (non-hydrogen) atoms. The number of hydrogen-bond donors (Lipinski definition) is 0. The molecule has 3 heteroatoms. The van der Waals surface area contributed by atoms with E-state index in [-0.39, 0.29) is 0 Å². The summed E-state index contributed by atoms with van der Waals surface area (Å²) >= 11 is 5.90. The number of halogens is 1. The zero-order chi connectivity index (χ0) is 8.60. The molecule has 3 fully saturated rings. The SMILES string of the molecule is COCOCC1C2CC1(CCl)C2. The molecule has 0 saturated heterocycles. The van der Waals surface area contributed by atoms with Crippen molar-refractivity contribution in [2.24, 2.45) is 17.3 Å². The third kappa shape index (κ3) is 1.09. The monoisotopic (exact) mass is 190 g/mol. The number of rotatable bonds is 5. The van der Waals surface area contributed by atoms with Crippen molar-refractivity contribution in [1.29, 1.82) is 0 Å². The molecule has 3 aliphatic carbocycles. The summed E-state index contributed by atoms with van der Waals surface area (Å²) in [6.45, 7) is 1.26. The number of hydrogen-bond acceptors (Lipinski definition) is 2. The first kappa shape index (κ1) is 8.79. The van der Waals surface area contributed by atoms with Gasteiger partial charge in [-0.15, -0.1) is 11.6 Å². The fraction of sp³-hybridized carbons (Fsp3) is 1.00. The summed E-state index contributed by atoms with van der Waals surface area (Å²) in [6.07, 6.45) is 2.66. The van der Waals surface area contributed by atoms with Gasteiger partial charge in [-0.2, -0.15) is 0 Å². The molecule has 0 spiro atoms. The van der Waals surface area contributed by atoms with Crippen LogP contribution in [0.25, 0.3) is 0 Å². The standard InChI is InChI=1S/C9H15ClO2/c1-11-6-12-4-8-7-2-9(8,3-7)5-10/h7-8H,2-6H2,1H3. The Balaban J connectivity index is 1.70. The predicted molar refractivity (Wildman–Crippen MR) is 47.2 cm³/mol. The van der Waals surface area contributed by atoms with Gasteiger partial charge in [-0.1, -0.05) is 0 Å². The van der Waals surface area contributed by atoms with E-state index in [0.717, 1.165) is 24.3 Å². The lowest BCUT2D eigenvalue weighted by atomic mass is 9.38. The molecule has 1 unspecified atom stereocenters. The van der Waals surface area contributed by atoms with Gasteiger partial charge in [-0.25, -0.2) is 0 Å². The maximum atomic E-state index is 5.90. The van der Waals surface area contributed by atoms with Crippen LogP contribution < -0.4 is 0 Å². The minimum Gasteiger partial charge on any atom is -0.359 e. The fourth-order valence-electron chi connectivity index (χ4n) is 2.53. The molecule has 0 aromatic rings. The van der Waals surface area contributed by atoms with Crippen LogP contribution in [0.5, 0.6) is 0 Å². The van der Waals surface area contributed by atoms with Crippen molar-refractivity contribution in [2.45, 2.75) is 12.8 Å². The molecular formula is C9H15ClO2. The van der Waals surface area contributed by atoms with Crippen LogP contribution in [0.1, 0.15) is 12.8 Å². The van der Waals surface area contributed by atoms with Crippen molar-refractivity contribution in [2.75, 3.05) is 26.4 Å². The highest BCUT2D eigenvalue weighted by Crippen LogP contribution is 2.69. The van der Waals surface area contributed by atoms with Gasteiger partial charge in [0.25, 0.3) is 0 Å². The lowest BCUT2D eigenvalue weighted by molar-refractivity contribution is -0.209. The lowest BCUT2D eigenvalue weighted by Crippen LogP contribution is -2.64. The molecule has 0 aliphatic heterocycles. The Hall–Kier alpha value is 0.210. The van der Waals surface area contributed by atoms with E-state index in [1.54, 1.807) is 7.11 Å². The summed E-state index contributed by atoms with van der Waals surface area (Å²) in [4.78, 5) is 0. The molecule has 3 saturated carbocycles. The second-order valence-electron chi connectivity index (χ2n) is 4.05. The summed E-state index contributed by atoms with van der Waals surface area (Å²) in [5.41, 5.74) is 0.458. The van der Waals surface area contributed by atoms with Crippen molar-refractivity contribution in [3.63, 3.8) is 0 Å². The second-order valence-corrected chi connectivity index (χ2v) is 4.32. The molecular weight excluding hydrogens is 176 g/mol. The van der Waals surface area contributed by atoms with Crippen molar-refractivity contribution in [3.05, 3.63) is 0 Å². The van der Waals surface area contributed by atoms with Gasteiger partial charge >= 0.3 is 0 Å². The van der Waals surface area contributed by atoms with E-state index in [1.165, 1.54) is 12.8 Å². The van der Waals surface area contributed by atoms with Crippen molar-refractivity contribution < 1.29 is 9.47 Å². The smallest absolute Gasteiger partial charge is 0.146 e. The normalized spacial score (nSPS) is 43.5. The van der Waals surface area contributed by atoms with Crippen LogP contribution in [0.4, 0.5) is 0 Å². The molecule has 0 aromatic heterocycles. The Labute approximate surface area is 78.2 Å². The Bertz CT molecular complexity index is 160. The largest absolute Gasteiger partial charge is 0.359 e. The van der Waals surface area contributed by atoms with Gasteiger partial charge in [0.15, 0.2) is 0 Å². The van der Waals surface area contributed by atoms with E-state index in [4.69, 9.17) is 21.1 Å². The molecule has 1 atom stereocenters. The average Bonchev–Trinajstić information content (AvgIpc) is 1.96.